The number of fused-ring (bicyclic) bond motifs is 1. The van der Waals surface area contributed by atoms with Crippen LogP contribution < -0.4 is 10.6 Å². The summed E-state index contributed by atoms with van der Waals surface area (Å²) < 4.78 is 0. The molecule has 0 spiro atoms. The first-order valence-electron chi connectivity index (χ1n) is 8.60. The maximum atomic E-state index is 12.3. The molecule has 26 heavy (non-hydrogen) atoms. The minimum absolute atomic E-state index is 0.0957. The molecule has 2 N–H and O–H groups in total. The Balaban J connectivity index is 1.49. The van der Waals surface area contributed by atoms with Crippen LogP contribution >= 0.6 is 0 Å². The highest BCUT2D eigenvalue weighted by atomic mass is 16.2. The molecular weight excluding hydrogens is 326 g/mol. The lowest BCUT2D eigenvalue weighted by atomic mass is 10.1. The van der Waals surface area contributed by atoms with Crippen molar-refractivity contribution in [3.8, 4) is 0 Å². The lowest BCUT2D eigenvalue weighted by molar-refractivity contribution is -0.121. The maximum absolute atomic E-state index is 12.3. The lowest BCUT2D eigenvalue weighted by Gasteiger charge is -2.14. The maximum Gasteiger partial charge on any atom is 0.251 e. The number of nitrogens with zero attached hydrogens (tertiary/aromatic N) is 1. The van der Waals surface area contributed by atoms with Crippen molar-refractivity contribution < 1.29 is 9.59 Å². The van der Waals surface area contributed by atoms with E-state index < -0.39 is 0 Å². The Morgan fingerprint density at radius 2 is 1.73 bits per heavy atom. The first-order valence-corrected chi connectivity index (χ1v) is 8.60. The van der Waals surface area contributed by atoms with Crippen molar-refractivity contribution in [1.82, 2.24) is 15.6 Å². The monoisotopic (exact) mass is 347 g/mol. The van der Waals surface area contributed by atoms with Crippen LogP contribution in [0.5, 0.6) is 0 Å². The molecule has 2 amide bonds. The number of hydrogen-bond acceptors (Lipinski definition) is 3. The number of benzene rings is 2. The van der Waals surface area contributed by atoms with E-state index in [4.69, 9.17) is 0 Å². The van der Waals surface area contributed by atoms with Crippen LogP contribution in [0.1, 0.15) is 35.3 Å². The molecule has 0 bridgehead atoms. The molecule has 5 nitrogen and oxygen atoms in total. The second-order valence-corrected chi connectivity index (χ2v) is 6.14. The average Bonchev–Trinajstić information content (AvgIpc) is 2.68. The van der Waals surface area contributed by atoms with Crippen LogP contribution in [0, 0.1) is 0 Å². The minimum Gasteiger partial charge on any atom is -0.352 e. The molecule has 1 aromatic heterocycles. The first kappa shape index (κ1) is 17.6. The molecule has 0 aliphatic rings. The van der Waals surface area contributed by atoms with Gasteiger partial charge in [0.1, 0.15) is 0 Å². The fraction of sp³-hybridized carbons (Fsp3) is 0.190. The number of carbonyl (C=O) groups is 2. The Morgan fingerprint density at radius 1 is 1.00 bits per heavy atom. The van der Waals surface area contributed by atoms with Gasteiger partial charge in [0.05, 0.1) is 6.04 Å². The van der Waals surface area contributed by atoms with Gasteiger partial charge in [-0.15, -0.1) is 0 Å². The topological polar surface area (TPSA) is 71.1 Å². The van der Waals surface area contributed by atoms with Gasteiger partial charge in [0.15, 0.2) is 0 Å². The quantitative estimate of drug-likeness (QED) is 0.719. The third-order valence-electron chi connectivity index (χ3n) is 4.23. The zero-order valence-electron chi connectivity index (χ0n) is 14.6. The highest BCUT2D eigenvalue weighted by molar-refractivity contribution is 5.98. The standard InChI is InChI=1S/C21H21N3O2/c1-15(16-8-11-22-12-9-16)24-20(25)10-13-23-21(26)19-7-6-17-4-2-3-5-18(17)14-19/h2-9,11-12,14-15H,10,13H2,1H3,(H,23,26)(H,24,25). The van der Waals surface area contributed by atoms with Crippen molar-refractivity contribution in [2.24, 2.45) is 0 Å². The number of pyridine rings is 1. The van der Waals surface area contributed by atoms with Crippen molar-refractivity contribution in [2.75, 3.05) is 6.54 Å². The summed E-state index contributed by atoms with van der Waals surface area (Å²) in [6.07, 6.45) is 3.62. The molecule has 3 aromatic rings. The Labute approximate surface area is 152 Å². The van der Waals surface area contributed by atoms with Gasteiger partial charge in [-0.3, -0.25) is 14.6 Å². The SMILES string of the molecule is CC(NC(=O)CCNC(=O)c1ccc2ccccc2c1)c1ccncc1. The molecule has 132 valence electrons. The normalized spacial score (nSPS) is 11.7. The Morgan fingerprint density at radius 3 is 2.50 bits per heavy atom. The Bertz CT molecular complexity index is 909. The predicted octanol–water partition coefficient (Wildman–Crippen LogP) is 3.23. The van der Waals surface area contributed by atoms with Gasteiger partial charge < -0.3 is 10.6 Å². The number of nitrogens with one attached hydrogen (secondary N) is 2. The predicted molar refractivity (Wildman–Crippen MR) is 102 cm³/mol. The molecule has 1 unspecified atom stereocenters. The largest absolute Gasteiger partial charge is 0.352 e. The van der Waals surface area contributed by atoms with E-state index in [-0.39, 0.29) is 24.3 Å². The lowest BCUT2D eigenvalue weighted by Crippen LogP contribution is -2.32. The molecule has 2 aromatic carbocycles. The summed E-state index contributed by atoms with van der Waals surface area (Å²) in [6.45, 7) is 2.21. The third-order valence-corrected chi connectivity index (χ3v) is 4.23. The van der Waals surface area contributed by atoms with Gasteiger partial charge in [0.2, 0.25) is 5.91 Å². The molecule has 0 aliphatic carbocycles. The van der Waals surface area contributed by atoms with E-state index >= 15 is 0 Å². The molecule has 0 aliphatic heterocycles. The van der Waals surface area contributed by atoms with Crippen molar-refractivity contribution in [1.29, 1.82) is 0 Å². The van der Waals surface area contributed by atoms with Gasteiger partial charge in [0, 0.05) is 30.9 Å². The van der Waals surface area contributed by atoms with Gasteiger partial charge in [0.25, 0.3) is 5.91 Å². The van der Waals surface area contributed by atoms with Gasteiger partial charge >= 0.3 is 0 Å². The van der Waals surface area contributed by atoms with Crippen molar-refractivity contribution in [3.63, 3.8) is 0 Å². The van der Waals surface area contributed by atoms with Gasteiger partial charge in [-0.1, -0.05) is 30.3 Å². The van der Waals surface area contributed by atoms with Crippen LogP contribution in [0.3, 0.4) is 0 Å². The summed E-state index contributed by atoms with van der Waals surface area (Å²) in [5.41, 5.74) is 1.59. The summed E-state index contributed by atoms with van der Waals surface area (Å²) in [7, 11) is 0. The van der Waals surface area contributed by atoms with Crippen molar-refractivity contribution in [2.45, 2.75) is 19.4 Å². The second-order valence-electron chi connectivity index (χ2n) is 6.14. The number of aromatic nitrogens is 1. The van der Waals surface area contributed by atoms with E-state index in [2.05, 4.69) is 15.6 Å². The fourth-order valence-corrected chi connectivity index (χ4v) is 2.77. The number of hydrogen-bond donors (Lipinski definition) is 2. The van der Waals surface area contributed by atoms with Crippen LogP contribution in [0.4, 0.5) is 0 Å². The van der Waals surface area contributed by atoms with E-state index in [9.17, 15) is 9.59 Å². The van der Waals surface area contributed by atoms with Crippen LogP contribution in [0.25, 0.3) is 10.8 Å². The highest BCUT2D eigenvalue weighted by Crippen LogP contribution is 2.15. The van der Waals surface area contributed by atoms with E-state index in [0.29, 0.717) is 12.1 Å². The zero-order chi connectivity index (χ0) is 18.4. The summed E-state index contributed by atoms with van der Waals surface area (Å²) >= 11 is 0. The van der Waals surface area contributed by atoms with E-state index in [1.807, 2.05) is 55.5 Å². The van der Waals surface area contributed by atoms with Crippen LogP contribution in [-0.2, 0) is 4.79 Å². The highest BCUT2D eigenvalue weighted by Gasteiger charge is 2.10. The number of amides is 2. The molecule has 0 saturated carbocycles. The van der Waals surface area contributed by atoms with Crippen LogP contribution in [0.15, 0.2) is 67.0 Å². The van der Waals surface area contributed by atoms with Gasteiger partial charge in [-0.25, -0.2) is 0 Å². The Hall–Kier alpha value is -3.21. The number of rotatable bonds is 6. The van der Waals surface area contributed by atoms with E-state index in [1.165, 1.54) is 0 Å². The van der Waals surface area contributed by atoms with Gasteiger partial charge in [-0.05, 0) is 47.5 Å². The summed E-state index contributed by atoms with van der Waals surface area (Å²) in [5.74, 6) is -0.279. The average molecular weight is 347 g/mol. The number of carbonyl (C=O) groups excluding carboxylic acids is 2. The molecule has 3 rings (SSSR count). The van der Waals surface area contributed by atoms with Crippen LogP contribution in [0.2, 0.25) is 0 Å². The zero-order valence-corrected chi connectivity index (χ0v) is 14.6. The summed E-state index contributed by atoms with van der Waals surface area (Å²) in [6, 6.07) is 17.1. The van der Waals surface area contributed by atoms with Crippen molar-refractivity contribution in [3.05, 3.63) is 78.1 Å². The summed E-state index contributed by atoms with van der Waals surface area (Å²) in [5, 5.41) is 7.82. The molecule has 1 heterocycles. The molecule has 1 atom stereocenters. The molecule has 5 heteroatoms. The molecule has 0 fully saturated rings. The third kappa shape index (κ3) is 4.45. The minimum atomic E-state index is -0.175. The molecule has 0 radical (unpaired) electrons. The summed E-state index contributed by atoms with van der Waals surface area (Å²) in [4.78, 5) is 28.3. The Kier molecular flexibility index (Phi) is 5.59. The van der Waals surface area contributed by atoms with Gasteiger partial charge in [-0.2, -0.15) is 0 Å². The van der Waals surface area contributed by atoms with Crippen LogP contribution in [-0.4, -0.2) is 23.3 Å². The smallest absolute Gasteiger partial charge is 0.251 e. The van der Waals surface area contributed by atoms with E-state index in [0.717, 1.165) is 16.3 Å². The van der Waals surface area contributed by atoms with Crippen molar-refractivity contribution >= 4 is 22.6 Å². The second kappa shape index (κ2) is 8.25. The first-order chi connectivity index (χ1) is 12.6. The molecular formula is C21H21N3O2. The van der Waals surface area contributed by atoms with E-state index in [1.54, 1.807) is 18.5 Å². The molecule has 0 saturated heterocycles. The fourth-order valence-electron chi connectivity index (χ4n) is 2.77.